The lowest BCUT2D eigenvalue weighted by molar-refractivity contribution is -0.385. The molecule has 0 radical (unpaired) electrons. The van der Waals surface area contributed by atoms with Crippen molar-refractivity contribution in [3.05, 3.63) is 39.5 Å². The van der Waals surface area contributed by atoms with E-state index in [0.29, 0.717) is 12.2 Å². The Morgan fingerprint density at radius 1 is 1.45 bits per heavy atom. The molecule has 0 aliphatic carbocycles. The molecule has 2 aromatic heterocycles. The van der Waals surface area contributed by atoms with Crippen LogP contribution in [0.4, 0.5) is 5.69 Å². The Balaban J connectivity index is 2.04. The Labute approximate surface area is 127 Å². The van der Waals surface area contributed by atoms with Gasteiger partial charge < -0.3 is 4.90 Å². The van der Waals surface area contributed by atoms with Gasteiger partial charge in [-0.15, -0.1) is 0 Å². The number of nitrogens with zero attached hydrogens (tertiary/aromatic N) is 6. The first kappa shape index (κ1) is 15.7. The summed E-state index contributed by atoms with van der Waals surface area (Å²) in [4.78, 5) is 24.0. The second-order valence-corrected chi connectivity index (χ2v) is 5.18. The highest BCUT2D eigenvalue weighted by Crippen LogP contribution is 2.15. The minimum atomic E-state index is -0.508. The van der Waals surface area contributed by atoms with Crippen LogP contribution in [0.15, 0.2) is 12.4 Å². The maximum atomic E-state index is 12.2. The monoisotopic (exact) mass is 306 g/mol. The van der Waals surface area contributed by atoms with E-state index in [0.717, 1.165) is 11.3 Å². The van der Waals surface area contributed by atoms with Gasteiger partial charge in [-0.1, -0.05) is 0 Å². The summed E-state index contributed by atoms with van der Waals surface area (Å²) in [6.07, 6.45) is 3.00. The standard InChI is InChI=1S/C13H18N6O3/c1-9-12(19(21)22)7-18(15-9)8-13(20)16(3)6-11-5-14-17(4)10(11)2/h5,7H,6,8H2,1-4H3. The molecule has 0 saturated carbocycles. The van der Waals surface area contributed by atoms with Gasteiger partial charge in [0.05, 0.1) is 11.1 Å². The summed E-state index contributed by atoms with van der Waals surface area (Å²) in [6.45, 7) is 3.87. The molecule has 9 heteroatoms. The first-order valence-corrected chi connectivity index (χ1v) is 6.69. The van der Waals surface area contributed by atoms with Crippen LogP contribution in [0.25, 0.3) is 0 Å². The number of likely N-dealkylation sites (N-methyl/N-ethyl adjacent to an activating group) is 1. The molecule has 0 N–H and O–H groups in total. The third-order valence-corrected chi connectivity index (χ3v) is 3.58. The molecule has 0 unspecified atom stereocenters. The van der Waals surface area contributed by atoms with E-state index < -0.39 is 4.92 Å². The minimum absolute atomic E-state index is 0.0372. The van der Waals surface area contributed by atoms with Crippen molar-refractivity contribution in [1.82, 2.24) is 24.5 Å². The van der Waals surface area contributed by atoms with Crippen LogP contribution < -0.4 is 0 Å². The number of hydrogen-bond acceptors (Lipinski definition) is 5. The molecule has 2 rings (SSSR count). The van der Waals surface area contributed by atoms with Crippen LogP contribution in [0.1, 0.15) is 17.0 Å². The van der Waals surface area contributed by atoms with Gasteiger partial charge in [0.15, 0.2) is 0 Å². The van der Waals surface area contributed by atoms with Crippen molar-refractivity contribution in [2.24, 2.45) is 7.05 Å². The number of aromatic nitrogens is 4. The summed E-state index contributed by atoms with van der Waals surface area (Å²) >= 11 is 0. The van der Waals surface area contributed by atoms with E-state index in [9.17, 15) is 14.9 Å². The zero-order valence-electron chi connectivity index (χ0n) is 13.0. The van der Waals surface area contributed by atoms with Gasteiger partial charge in [0, 0.05) is 31.9 Å². The van der Waals surface area contributed by atoms with Gasteiger partial charge >= 0.3 is 5.69 Å². The van der Waals surface area contributed by atoms with Crippen molar-refractivity contribution >= 4 is 11.6 Å². The molecule has 0 aliphatic rings. The van der Waals surface area contributed by atoms with Crippen molar-refractivity contribution in [1.29, 1.82) is 0 Å². The fourth-order valence-corrected chi connectivity index (χ4v) is 2.07. The van der Waals surface area contributed by atoms with Gasteiger partial charge in [0.25, 0.3) is 0 Å². The third kappa shape index (κ3) is 3.13. The van der Waals surface area contributed by atoms with Crippen molar-refractivity contribution in [2.75, 3.05) is 7.05 Å². The molecule has 0 spiro atoms. The molecular weight excluding hydrogens is 288 g/mol. The number of carbonyl (C=O) groups excluding carboxylic acids is 1. The van der Waals surface area contributed by atoms with Crippen molar-refractivity contribution < 1.29 is 9.72 Å². The van der Waals surface area contributed by atoms with E-state index in [1.165, 1.54) is 10.9 Å². The predicted octanol–water partition coefficient (Wildman–Crippen LogP) is 0.800. The van der Waals surface area contributed by atoms with Crippen LogP contribution in [-0.2, 0) is 24.9 Å². The smallest absolute Gasteiger partial charge is 0.309 e. The SMILES string of the molecule is Cc1nn(CC(=O)N(C)Cc2cnn(C)c2C)cc1[N+](=O)[O-]. The maximum Gasteiger partial charge on any atom is 0.309 e. The first-order valence-electron chi connectivity index (χ1n) is 6.69. The lowest BCUT2D eigenvalue weighted by atomic mass is 10.2. The summed E-state index contributed by atoms with van der Waals surface area (Å²) in [5, 5.41) is 18.9. The lowest BCUT2D eigenvalue weighted by Crippen LogP contribution is -2.30. The zero-order chi connectivity index (χ0) is 16.4. The van der Waals surface area contributed by atoms with Gasteiger partial charge in [0.1, 0.15) is 18.4 Å². The Bertz CT molecular complexity index is 717. The van der Waals surface area contributed by atoms with E-state index in [2.05, 4.69) is 10.2 Å². The highest BCUT2D eigenvalue weighted by atomic mass is 16.6. The van der Waals surface area contributed by atoms with E-state index in [1.54, 1.807) is 29.7 Å². The number of rotatable bonds is 5. The van der Waals surface area contributed by atoms with Gasteiger partial charge in [-0.05, 0) is 13.8 Å². The Hall–Kier alpha value is -2.71. The molecule has 0 fully saturated rings. The lowest BCUT2D eigenvalue weighted by Gasteiger charge is -2.16. The largest absolute Gasteiger partial charge is 0.340 e. The topological polar surface area (TPSA) is 99.1 Å². The summed E-state index contributed by atoms with van der Waals surface area (Å²) < 4.78 is 3.04. The minimum Gasteiger partial charge on any atom is -0.340 e. The number of amides is 1. The van der Waals surface area contributed by atoms with Gasteiger partial charge in [0.2, 0.25) is 5.91 Å². The van der Waals surface area contributed by atoms with Crippen LogP contribution >= 0.6 is 0 Å². The summed E-state index contributed by atoms with van der Waals surface area (Å²) in [6, 6.07) is 0. The van der Waals surface area contributed by atoms with E-state index in [1.807, 2.05) is 14.0 Å². The Morgan fingerprint density at radius 2 is 2.14 bits per heavy atom. The molecule has 9 nitrogen and oxygen atoms in total. The maximum absolute atomic E-state index is 12.2. The molecule has 0 bridgehead atoms. The second kappa shape index (κ2) is 5.96. The average molecular weight is 306 g/mol. The molecule has 118 valence electrons. The Kier molecular flexibility index (Phi) is 4.25. The number of hydrogen-bond donors (Lipinski definition) is 0. The number of aryl methyl sites for hydroxylation is 2. The van der Waals surface area contributed by atoms with Crippen LogP contribution in [0, 0.1) is 24.0 Å². The normalized spacial score (nSPS) is 10.7. The van der Waals surface area contributed by atoms with Crippen molar-refractivity contribution in [3.8, 4) is 0 Å². The predicted molar refractivity (Wildman–Crippen MR) is 78.0 cm³/mol. The molecule has 0 saturated heterocycles. The number of nitro groups is 1. The van der Waals surface area contributed by atoms with Crippen LogP contribution in [0.3, 0.4) is 0 Å². The third-order valence-electron chi connectivity index (χ3n) is 3.58. The molecular formula is C13H18N6O3. The number of carbonyl (C=O) groups is 1. The molecule has 0 atom stereocenters. The molecule has 2 aromatic rings. The highest BCUT2D eigenvalue weighted by Gasteiger charge is 2.18. The molecule has 0 aliphatic heterocycles. The molecule has 22 heavy (non-hydrogen) atoms. The fraction of sp³-hybridized carbons (Fsp3) is 0.462. The van der Waals surface area contributed by atoms with Crippen LogP contribution in [0.2, 0.25) is 0 Å². The summed E-state index contributed by atoms with van der Waals surface area (Å²) in [5.74, 6) is -0.180. The zero-order valence-corrected chi connectivity index (χ0v) is 13.0. The molecule has 0 aromatic carbocycles. The van der Waals surface area contributed by atoms with E-state index >= 15 is 0 Å². The summed E-state index contributed by atoms with van der Waals surface area (Å²) in [7, 11) is 3.52. The van der Waals surface area contributed by atoms with Gasteiger partial charge in [-0.3, -0.25) is 24.3 Å². The molecule has 2 heterocycles. The van der Waals surface area contributed by atoms with Gasteiger partial charge in [-0.25, -0.2) is 0 Å². The van der Waals surface area contributed by atoms with E-state index in [4.69, 9.17) is 0 Å². The molecule has 1 amide bonds. The fourth-order valence-electron chi connectivity index (χ4n) is 2.07. The highest BCUT2D eigenvalue weighted by molar-refractivity contribution is 5.75. The van der Waals surface area contributed by atoms with Crippen molar-refractivity contribution in [2.45, 2.75) is 26.9 Å². The quantitative estimate of drug-likeness (QED) is 0.601. The first-order chi connectivity index (χ1) is 10.3. The van der Waals surface area contributed by atoms with Gasteiger partial charge in [-0.2, -0.15) is 10.2 Å². The van der Waals surface area contributed by atoms with Crippen molar-refractivity contribution in [3.63, 3.8) is 0 Å². The Morgan fingerprint density at radius 3 is 2.64 bits per heavy atom. The second-order valence-electron chi connectivity index (χ2n) is 5.18. The van der Waals surface area contributed by atoms with E-state index in [-0.39, 0.29) is 18.1 Å². The van der Waals surface area contributed by atoms with Crippen LogP contribution in [-0.4, -0.2) is 42.3 Å². The average Bonchev–Trinajstić information content (AvgIpc) is 2.96. The summed E-state index contributed by atoms with van der Waals surface area (Å²) in [5.41, 5.74) is 2.16. The van der Waals surface area contributed by atoms with Crippen LogP contribution in [0.5, 0.6) is 0 Å².